The van der Waals surface area contributed by atoms with Gasteiger partial charge in [-0.15, -0.1) is 23.5 Å². The van der Waals surface area contributed by atoms with Gasteiger partial charge in [0.1, 0.15) is 0 Å². The van der Waals surface area contributed by atoms with Crippen molar-refractivity contribution in [1.29, 1.82) is 0 Å². The fourth-order valence-electron chi connectivity index (χ4n) is 7.94. The van der Waals surface area contributed by atoms with Crippen molar-refractivity contribution in [3.05, 3.63) is 105 Å². The normalized spacial score (nSPS) is 20.8. The first kappa shape index (κ1) is 39.2. The number of hydrogen-bond acceptors (Lipinski definition) is 4. The molecule has 0 spiro atoms. The second-order valence-electron chi connectivity index (χ2n) is 16.8. The van der Waals surface area contributed by atoms with Crippen LogP contribution in [-0.2, 0) is 12.8 Å². The quantitative estimate of drug-likeness (QED) is 0.127. The predicted octanol–water partition coefficient (Wildman–Crippen LogP) is 16.0. The van der Waals surface area contributed by atoms with Crippen LogP contribution in [-0.4, -0.2) is 4.75 Å². The minimum atomic E-state index is 0.166. The molecule has 0 radical (unpaired) electrons. The molecule has 1 aliphatic carbocycles. The summed E-state index contributed by atoms with van der Waals surface area (Å²) in [6, 6.07) is 26.1. The summed E-state index contributed by atoms with van der Waals surface area (Å²) in [6.07, 6.45) is 18.1. The number of hydrogen-bond donors (Lipinski definition) is 0. The first-order valence-corrected chi connectivity index (χ1v) is 23.4. The smallest absolute Gasteiger partial charge is 0.0564 e. The van der Waals surface area contributed by atoms with Crippen LogP contribution in [0.3, 0.4) is 0 Å². The van der Waals surface area contributed by atoms with E-state index in [1.807, 2.05) is 23.5 Å². The van der Waals surface area contributed by atoms with Crippen molar-refractivity contribution in [2.75, 3.05) is 0 Å². The zero-order valence-corrected chi connectivity index (χ0v) is 35.7. The first-order valence-electron chi connectivity index (χ1n) is 20.0. The van der Waals surface area contributed by atoms with E-state index in [1.165, 1.54) is 112 Å². The summed E-state index contributed by atoms with van der Waals surface area (Å²) in [5, 5.41) is 0.515. The lowest BCUT2D eigenvalue weighted by Gasteiger charge is -2.28. The van der Waals surface area contributed by atoms with Gasteiger partial charge in [-0.05, 0) is 139 Å². The Morgan fingerprint density at radius 1 is 0.647 bits per heavy atom. The Bertz CT molecular complexity index is 1650. The van der Waals surface area contributed by atoms with Crippen LogP contribution in [0.25, 0.3) is 0 Å². The van der Waals surface area contributed by atoms with Crippen molar-refractivity contribution >= 4 is 47.0 Å². The third-order valence-corrected chi connectivity index (χ3v) is 16.6. The molecule has 0 nitrogen and oxygen atoms in total. The highest BCUT2D eigenvalue weighted by atomic mass is 32.2. The Kier molecular flexibility index (Phi) is 14.0. The van der Waals surface area contributed by atoms with Crippen LogP contribution >= 0.6 is 47.0 Å². The lowest BCUT2D eigenvalue weighted by molar-refractivity contribution is 0.437. The van der Waals surface area contributed by atoms with Gasteiger partial charge >= 0.3 is 0 Å². The van der Waals surface area contributed by atoms with Gasteiger partial charge in [0.2, 0.25) is 0 Å². The molecule has 4 unspecified atom stereocenters. The van der Waals surface area contributed by atoms with Crippen molar-refractivity contribution in [3.63, 3.8) is 0 Å². The molecule has 0 saturated carbocycles. The van der Waals surface area contributed by atoms with E-state index < -0.39 is 0 Å². The molecule has 0 N–H and O–H groups in total. The van der Waals surface area contributed by atoms with Gasteiger partial charge in [-0.1, -0.05) is 134 Å². The van der Waals surface area contributed by atoms with Crippen molar-refractivity contribution in [3.8, 4) is 0 Å². The molecular weight excluding hydrogens is 693 g/mol. The summed E-state index contributed by atoms with van der Waals surface area (Å²) in [5.41, 5.74) is 6.19. The van der Waals surface area contributed by atoms with E-state index in [0.717, 1.165) is 30.1 Å². The van der Waals surface area contributed by atoms with Crippen LogP contribution in [0.2, 0.25) is 0 Å². The van der Waals surface area contributed by atoms with Gasteiger partial charge in [-0.2, -0.15) is 0 Å². The zero-order chi connectivity index (χ0) is 36.0. The number of benzene rings is 3. The fourth-order valence-corrected chi connectivity index (χ4v) is 13.5. The van der Waals surface area contributed by atoms with Crippen LogP contribution in [0.5, 0.6) is 0 Å². The molecular formula is C47H62S4. The van der Waals surface area contributed by atoms with E-state index in [4.69, 9.17) is 0 Å². The van der Waals surface area contributed by atoms with Gasteiger partial charge in [0.15, 0.2) is 0 Å². The van der Waals surface area contributed by atoms with E-state index >= 15 is 0 Å². The second kappa shape index (κ2) is 18.2. The lowest BCUT2D eigenvalue weighted by atomic mass is 9.88. The van der Waals surface area contributed by atoms with Gasteiger partial charge in [-0.3, -0.25) is 0 Å². The summed E-state index contributed by atoms with van der Waals surface area (Å²) in [5.74, 6) is 3.29. The summed E-state index contributed by atoms with van der Waals surface area (Å²) >= 11 is 8.16. The summed E-state index contributed by atoms with van der Waals surface area (Å²) in [7, 11) is 0. The number of allylic oxidation sites excluding steroid dienone is 2. The Morgan fingerprint density at radius 2 is 1.20 bits per heavy atom. The zero-order valence-electron chi connectivity index (χ0n) is 32.4. The van der Waals surface area contributed by atoms with E-state index in [2.05, 4.69) is 145 Å². The summed E-state index contributed by atoms with van der Waals surface area (Å²) in [4.78, 5) is 8.65. The van der Waals surface area contributed by atoms with Crippen molar-refractivity contribution < 1.29 is 0 Å². The molecule has 0 aromatic heterocycles. The first-order chi connectivity index (χ1) is 24.6. The highest BCUT2D eigenvalue weighted by Gasteiger charge is 2.52. The van der Waals surface area contributed by atoms with Crippen LogP contribution in [0.1, 0.15) is 135 Å². The molecule has 3 aliphatic rings. The van der Waals surface area contributed by atoms with Crippen LogP contribution in [0, 0.1) is 23.7 Å². The number of fused-ring (bicyclic) bond motifs is 4. The maximum absolute atomic E-state index is 2.53. The van der Waals surface area contributed by atoms with Gasteiger partial charge in [0.25, 0.3) is 0 Å². The second-order valence-corrected chi connectivity index (χ2v) is 21.8. The number of thioether (sulfide) groups is 3. The molecule has 4 heteroatoms. The standard InChI is InChI=1S/C47H62S4/c1-32(2)10-8-12-34(5)14-16-36-18-22-38(23-19-36)48-40-26-28-42-44(30-40)51-47(7)43-29-27-41(31-45(43)50-46(42)47)49-39-24-20-37(21-25-39)17-15-35(6)13-9-11-33(3)4/h18-26,28,30-35,46H,8-17,27,29H2,1-7H3. The van der Waals surface area contributed by atoms with Gasteiger partial charge < -0.3 is 0 Å². The third-order valence-electron chi connectivity index (χ3n) is 11.3. The minimum absolute atomic E-state index is 0.166. The topological polar surface area (TPSA) is 0 Å². The van der Waals surface area contributed by atoms with Crippen molar-refractivity contribution in [2.24, 2.45) is 23.7 Å². The molecule has 4 atom stereocenters. The van der Waals surface area contributed by atoms with Gasteiger partial charge in [0.05, 0.1) is 10.00 Å². The Balaban J connectivity index is 0.997. The van der Waals surface area contributed by atoms with Crippen LogP contribution < -0.4 is 0 Å². The molecule has 0 amide bonds. The molecule has 2 heterocycles. The van der Waals surface area contributed by atoms with Gasteiger partial charge in [0, 0.05) is 24.5 Å². The average Bonchev–Trinajstić information content (AvgIpc) is 3.54. The lowest BCUT2D eigenvalue weighted by Crippen LogP contribution is -2.22. The molecule has 274 valence electrons. The molecule has 3 aromatic rings. The van der Waals surface area contributed by atoms with Crippen LogP contribution in [0.15, 0.2) is 108 Å². The molecule has 2 aliphatic heterocycles. The highest BCUT2D eigenvalue weighted by molar-refractivity contribution is 8.08. The Hall–Kier alpha value is -1.46. The summed E-state index contributed by atoms with van der Waals surface area (Å²) in [6.45, 7) is 16.7. The van der Waals surface area contributed by atoms with Crippen LogP contribution in [0.4, 0.5) is 0 Å². The van der Waals surface area contributed by atoms with E-state index in [1.54, 1.807) is 10.5 Å². The number of rotatable bonds is 18. The molecule has 51 heavy (non-hydrogen) atoms. The summed E-state index contributed by atoms with van der Waals surface area (Å²) < 4.78 is 0.166. The maximum atomic E-state index is 2.53. The third kappa shape index (κ3) is 10.6. The minimum Gasteiger partial charge on any atom is -0.116 e. The maximum Gasteiger partial charge on any atom is 0.0564 e. The predicted molar refractivity (Wildman–Crippen MR) is 231 cm³/mol. The van der Waals surface area contributed by atoms with E-state index in [-0.39, 0.29) is 4.75 Å². The van der Waals surface area contributed by atoms with E-state index in [9.17, 15) is 0 Å². The average molecular weight is 755 g/mol. The fraction of sp³-hybridized carbons (Fsp3) is 0.532. The van der Waals surface area contributed by atoms with Crippen molar-refractivity contribution in [2.45, 2.75) is 155 Å². The molecule has 0 bridgehead atoms. The van der Waals surface area contributed by atoms with E-state index in [0.29, 0.717) is 5.25 Å². The highest BCUT2D eigenvalue weighted by Crippen LogP contribution is 2.69. The largest absolute Gasteiger partial charge is 0.116 e. The molecule has 3 aromatic carbocycles. The number of aryl methyl sites for hydroxylation is 2. The van der Waals surface area contributed by atoms with Crippen molar-refractivity contribution in [1.82, 2.24) is 0 Å². The molecule has 0 saturated heterocycles. The Labute approximate surface area is 328 Å². The Morgan fingerprint density at radius 3 is 1.76 bits per heavy atom. The van der Waals surface area contributed by atoms with Gasteiger partial charge in [-0.25, -0.2) is 0 Å². The molecule has 0 fully saturated rings. The monoisotopic (exact) mass is 754 g/mol. The SMILES string of the molecule is CC(C)CCCC(C)CCc1ccc(SC2=CC3=C(CC2)C2(C)Sc4cc(Sc5ccc(CCC(C)CCCC(C)C)cc5)ccc4C2S3)cc1. The molecule has 6 rings (SSSR count).